The number of hydrogen-bond donors (Lipinski definition) is 0. The smallest absolute Gasteiger partial charge is 0.238 e. The largest absolute Gasteiger partial charge is 0.342 e. The van der Waals surface area contributed by atoms with Gasteiger partial charge in [0.15, 0.2) is 0 Å². The predicted molar refractivity (Wildman–Crippen MR) is 94.2 cm³/mol. The van der Waals surface area contributed by atoms with Crippen molar-refractivity contribution in [3.05, 3.63) is 35.9 Å². The summed E-state index contributed by atoms with van der Waals surface area (Å²) in [5, 5.41) is 0. The van der Waals surface area contributed by atoms with Gasteiger partial charge in [0.1, 0.15) is 5.41 Å². The average Bonchev–Trinajstić information content (AvgIpc) is 3.42. The third-order valence-electron chi connectivity index (χ3n) is 5.52. The second-order valence-corrected chi connectivity index (χ2v) is 7.36. The lowest BCUT2D eigenvalue weighted by Crippen LogP contribution is -2.48. The first-order valence-corrected chi connectivity index (χ1v) is 9.19. The summed E-state index contributed by atoms with van der Waals surface area (Å²) in [6, 6.07) is 10.0. The first-order chi connectivity index (χ1) is 11.6. The minimum Gasteiger partial charge on any atom is -0.342 e. The van der Waals surface area contributed by atoms with Crippen molar-refractivity contribution in [1.29, 1.82) is 0 Å². The molecule has 0 unspecified atom stereocenters. The lowest BCUT2D eigenvalue weighted by molar-refractivity contribution is -0.150. The van der Waals surface area contributed by atoms with Crippen LogP contribution in [-0.4, -0.2) is 41.2 Å². The standard InChI is InChI=1S/C20H28N2O2/c1-3-21(15-17-7-5-4-6-8-17)18(23)20(11-12-20)19(24)22-13-9-16(2)10-14-22/h4-8,16H,3,9-15H2,1-2H3. The summed E-state index contributed by atoms with van der Waals surface area (Å²) in [7, 11) is 0. The van der Waals surface area contributed by atoms with Gasteiger partial charge in [-0.15, -0.1) is 0 Å². The second kappa shape index (κ2) is 6.96. The number of likely N-dealkylation sites (tertiary alicyclic amines) is 1. The van der Waals surface area contributed by atoms with Gasteiger partial charge in [-0.2, -0.15) is 0 Å². The molecule has 0 spiro atoms. The summed E-state index contributed by atoms with van der Waals surface area (Å²) in [5.74, 6) is 0.786. The van der Waals surface area contributed by atoms with Crippen molar-refractivity contribution in [2.75, 3.05) is 19.6 Å². The van der Waals surface area contributed by atoms with Crippen molar-refractivity contribution < 1.29 is 9.59 Å². The molecule has 1 aliphatic heterocycles. The molecule has 0 N–H and O–H groups in total. The van der Waals surface area contributed by atoms with Gasteiger partial charge in [-0.05, 0) is 44.1 Å². The lowest BCUT2D eigenvalue weighted by atomic mass is 9.96. The van der Waals surface area contributed by atoms with E-state index in [0.29, 0.717) is 31.8 Å². The normalized spacial score (nSPS) is 19.8. The van der Waals surface area contributed by atoms with Crippen LogP contribution in [0.15, 0.2) is 30.3 Å². The average molecular weight is 328 g/mol. The van der Waals surface area contributed by atoms with Crippen LogP contribution in [-0.2, 0) is 16.1 Å². The molecule has 1 heterocycles. The SMILES string of the molecule is CCN(Cc1ccccc1)C(=O)C1(C(=O)N2CCC(C)CC2)CC1. The first kappa shape index (κ1) is 17.0. The van der Waals surface area contributed by atoms with E-state index >= 15 is 0 Å². The Morgan fingerprint density at radius 3 is 2.33 bits per heavy atom. The van der Waals surface area contributed by atoms with Crippen molar-refractivity contribution in [2.45, 2.75) is 46.1 Å². The number of carbonyl (C=O) groups is 2. The Morgan fingerprint density at radius 1 is 1.17 bits per heavy atom. The van der Waals surface area contributed by atoms with Crippen molar-refractivity contribution in [3.63, 3.8) is 0 Å². The Kier molecular flexibility index (Phi) is 4.93. The molecule has 0 bridgehead atoms. The molecular formula is C20H28N2O2. The molecule has 4 nitrogen and oxygen atoms in total. The summed E-state index contributed by atoms with van der Waals surface area (Å²) >= 11 is 0. The van der Waals surface area contributed by atoms with E-state index in [1.165, 1.54) is 0 Å². The van der Waals surface area contributed by atoms with Gasteiger partial charge in [0.05, 0.1) is 0 Å². The summed E-state index contributed by atoms with van der Waals surface area (Å²) in [4.78, 5) is 29.8. The lowest BCUT2D eigenvalue weighted by Gasteiger charge is -2.34. The summed E-state index contributed by atoms with van der Waals surface area (Å²) in [6.45, 7) is 7.06. The van der Waals surface area contributed by atoms with Crippen molar-refractivity contribution in [2.24, 2.45) is 11.3 Å². The minimum atomic E-state index is -0.759. The molecule has 0 radical (unpaired) electrons. The Balaban J connectivity index is 1.69. The van der Waals surface area contributed by atoms with Gasteiger partial charge in [-0.3, -0.25) is 9.59 Å². The highest BCUT2D eigenvalue weighted by atomic mass is 16.2. The Morgan fingerprint density at radius 2 is 1.79 bits per heavy atom. The summed E-state index contributed by atoms with van der Waals surface area (Å²) in [6.07, 6.45) is 3.53. The number of hydrogen-bond acceptors (Lipinski definition) is 2. The number of piperidine rings is 1. The number of carbonyl (C=O) groups excluding carboxylic acids is 2. The molecule has 1 aromatic rings. The summed E-state index contributed by atoms with van der Waals surface area (Å²) < 4.78 is 0. The number of nitrogens with zero attached hydrogens (tertiary/aromatic N) is 2. The fourth-order valence-electron chi connectivity index (χ4n) is 3.59. The van der Waals surface area contributed by atoms with E-state index in [1.807, 2.05) is 47.1 Å². The third-order valence-corrected chi connectivity index (χ3v) is 5.52. The fourth-order valence-corrected chi connectivity index (χ4v) is 3.59. The highest BCUT2D eigenvalue weighted by molar-refractivity contribution is 6.07. The van der Waals surface area contributed by atoms with Crippen molar-refractivity contribution >= 4 is 11.8 Å². The monoisotopic (exact) mass is 328 g/mol. The molecule has 4 heteroatoms. The van der Waals surface area contributed by atoms with E-state index in [1.54, 1.807) is 0 Å². The molecule has 0 atom stereocenters. The molecular weight excluding hydrogens is 300 g/mol. The number of rotatable bonds is 5. The Labute approximate surface area is 144 Å². The van der Waals surface area contributed by atoms with Crippen LogP contribution >= 0.6 is 0 Å². The molecule has 2 fully saturated rings. The molecule has 2 amide bonds. The van der Waals surface area contributed by atoms with Crippen LogP contribution in [0.25, 0.3) is 0 Å². The highest BCUT2D eigenvalue weighted by Crippen LogP contribution is 2.49. The molecule has 1 aromatic carbocycles. The third kappa shape index (κ3) is 3.33. The zero-order valence-electron chi connectivity index (χ0n) is 14.8. The van der Waals surface area contributed by atoms with E-state index < -0.39 is 5.41 Å². The van der Waals surface area contributed by atoms with Crippen LogP contribution in [0.3, 0.4) is 0 Å². The van der Waals surface area contributed by atoms with Gasteiger partial charge < -0.3 is 9.80 Å². The van der Waals surface area contributed by atoms with Crippen LogP contribution in [0.5, 0.6) is 0 Å². The van der Waals surface area contributed by atoms with Crippen LogP contribution in [0.2, 0.25) is 0 Å². The zero-order valence-corrected chi connectivity index (χ0v) is 14.8. The van der Waals surface area contributed by atoms with Gasteiger partial charge in [0.2, 0.25) is 11.8 Å². The van der Waals surface area contributed by atoms with E-state index in [4.69, 9.17) is 0 Å². The van der Waals surface area contributed by atoms with Crippen LogP contribution in [0.4, 0.5) is 0 Å². The summed E-state index contributed by atoms with van der Waals surface area (Å²) in [5.41, 5.74) is 0.355. The van der Waals surface area contributed by atoms with Crippen molar-refractivity contribution in [3.8, 4) is 0 Å². The Bertz CT molecular complexity index is 587. The molecule has 130 valence electrons. The van der Waals surface area contributed by atoms with Gasteiger partial charge in [-0.25, -0.2) is 0 Å². The number of benzene rings is 1. The molecule has 2 aliphatic rings. The van der Waals surface area contributed by atoms with Gasteiger partial charge in [0, 0.05) is 26.2 Å². The molecule has 3 rings (SSSR count). The van der Waals surface area contributed by atoms with Gasteiger partial charge in [0.25, 0.3) is 0 Å². The number of amides is 2. The van der Waals surface area contributed by atoms with Gasteiger partial charge in [-0.1, -0.05) is 37.3 Å². The Hall–Kier alpha value is -1.84. The van der Waals surface area contributed by atoms with E-state index in [-0.39, 0.29) is 11.8 Å². The predicted octanol–water partition coefficient (Wildman–Crippen LogP) is 3.07. The molecule has 24 heavy (non-hydrogen) atoms. The van der Waals surface area contributed by atoms with Crippen LogP contribution in [0.1, 0.15) is 45.1 Å². The van der Waals surface area contributed by atoms with Crippen LogP contribution in [0, 0.1) is 11.3 Å². The van der Waals surface area contributed by atoms with Crippen molar-refractivity contribution in [1.82, 2.24) is 9.80 Å². The second-order valence-electron chi connectivity index (χ2n) is 7.36. The maximum absolute atomic E-state index is 13.1. The zero-order chi connectivity index (χ0) is 17.2. The molecule has 0 aromatic heterocycles. The molecule has 1 aliphatic carbocycles. The van der Waals surface area contributed by atoms with Crippen LogP contribution < -0.4 is 0 Å². The fraction of sp³-hybridized carbons (Fsp3) is 0.600. The highest BCUT2D eigenvalue weighted by Gasteiger charge is 2.59. The minimum absolute atomic E-state index is 0.0254. The van der Waals surface area contributed by atoms with Gasteiger partial charge >= 0.3 is 0 Å². The molecule has 1 saturated carbocycles. The topological polar surface area (TPSA) is 40.6 Å². The molecule has 1 saturated heterocycles. The maximum Gasteiger partial charge on any atom is 0.238 e. The van der Waals surface area contributed by atoms with E-state index in [2.05, 4.69) is 6.92 Å². The maximum atomic E-state index is 13.1. The first-order valence-electron chi connectivity index (χ1n) is 9.19. The van der Waals surface area contributed by atoms with E-state index in [9.17, 15) is 9.59 Å². The van der Waals surface area contributed by atoms with E-state index in [0.717, 1.165) is 31.5 Å². The quantitative estimate of drug-likeness (QED) is 0.780.